The second-order valence-corrected chi connectivity index (χ2v) is 7.47. The van der Waals surface area contributed by atoms with Gasteiger partial charge >= 0.3 is 0 Å². The molecule has 1 aromatic carbocycles. The van der Waals surface area contributed by atoms with E-state index in [1.165, 1.54) is 17.0 Å². The third-order valence-electron chi connectivity index (χ3n) is 4.53. The summed E-state index contributed by atoms with van der Waals surface area (Å²) in [6, 6.07) is 9.80. The number of thiophene rings is 1. The van der Waals surface area contributed by atoms with Crippen molar-refractivity contribution in [3.05, 3.63) is 52.5 Å². The van der Waals surface area contributed by atoms with Crippen LogP contribution in [0.5, 0.6) is 0 Å². The number of nitrogens with one attached hydrogen (secondary N) is 2. The molecule has 1 aliphatic heterocycles. The fourth-order valence-corrected chi connectivity index (χ4v) is 3.77. The molecule has 0 unspecified atom stereocenters. The number of amides is 2. The van der Waals surface area contributed by atoms with Gasteiger partial charge in [0.2, 0.25) is 5.91 Å². The zero-order chi connectivity index (χ0) is 18.4. The molecule has 5 nitrogen and oxygen atoms in total. The second-order valence-electron chi connectivity index (χ2n) is 6.44. The van der Waals surface area contributed by atoms with Crippen LogP contribution in [0, 0.1) is 5.82 Å². The van der Waals surface area contributed by atoms with E-state index in [0.29, 0.717) is 31.7 Å². The molecule has 0 bridgehead atoms. The van der Waals surface area contributed by atoms with Crippen LogP contribution < -0.4 is 10.2 Å². The molecule has 2 amide bonds. The number of nitrogens with zero attached hydrogens (tertiary/aromatic N) is 1. The number of carbonyl (C=O) groups excluding carboxylic acids is 2. The van der Waals surface area contributed by atoms with Crippen molar-refractivity contribution in [3.63, 3.8) is 0 Å². The van der Waals surface area contributed by atoms with E-state index in [9.17, 15) is 14.0 Å². The Hall–Kier alpha value is -2.25. The van der Waals surface area contributed by atoms with Crippen molar-refractivity contribution < 1.29 is 18.9 Å². The molecule has 2 heterocycles. The van der Waals surface area contributed by atoms with E-state index in [1.807, 2.05) is 16.3 Å². The molecule has 0 spiro atoms. The van der Waals surface area contributed by atoms with Crippen LogP contribution in [0.15, 0.2) is 41.8 Å². The summed E-state index contributed by atoms with van der Waals surface area (Å²) >= 11 is 1.68. The highest BCUT2D eigenvalue weighted by Gasteiger charge is 2.25. The van der Waals surface area contributed by atoms with Crippen LogP contribution in [0.4, 0.5) is 10.1 Å². The monoisotopic (exact) mass is 376 g/mol. The zero-order valence-electron chi connectivity index (χ0n) is 14.5. The van der Waals surface area contributed by atoms with Gasteiger partial charge in [-0.05, 0) is 42.1 Å². The first-order valence-corrected chi connectivity index (χ1v) is 9.67. The summed E-state index contributed by atoms with van der Waals surface area (Å²) in [7, 11) is 0. The van der Waals surface area contributed by atoms with E-state index in [0.717, 1.165) is 24.4 Å². The Morgan fingerprint density at radius 2 is 1.88 bits per heavy atom. The number of piperazine rings is 1. The maximum absolute atomic E-state index is 12.9. The summed E-state index contributed by atoms with van der Waals surface area (Å²) in [4.78, 5) is 28.7. The number of hydrogen-bond donors (Lipinski definition) is 2. The van der Waals surface area contributed by atoms with Crippen molar-refractivity contribution in [1.29, 1.82) is 0 Å². The summed E-state index contributed by atoms with van der Waals surface area (Å²) in [5, 5.41) is 4.81. The Morgan fingerprint density at radius 1 is 1.15 bits per heavy atom. The predicted molar refractivity (Wildman–Crippen MR) is 99.8 cm³/mol. The minimum absolute atomic E-state index is 0.0934. The molecule has 0 radical (unpaired) electrons. The van der Waals surface area contributed by atoms with E-state index in [4.69, 9.17) is 0 Å². The van der Waals surface area contributed by atoms with Gasteiger partial charge < -0.3 is 15.1 Å². The van der Waals surface area contributed by atoms with Crippen LogP contribution in [0.3, 0.4) is 0 Å². The summed E-state index contributed by atoms with van der Waals surface area (Å²) in [6.45, 7) is 3.25. The highest BCUT2D eigenvalue weighted by Crippen LogP contribution is 2.12. The van der Waals surface area contributed by atoms with Crippen molar-refractivity contribution in [2.45, 2.75) is 12.8 Å². The Balaban J connectivity index is 1.38. The molecule has 3 rings (SSSR count). The molecule has 7 heteroatoms. The van der Waals surface area contributed by atoms with Gasteiger partial charge in [0.25, 0.3) is 5.91 Å². The standard InChI is InChI=1S/C19H22FN3O2S/c20-15-3-5-16(6-4-15)21-18(24)14-22-9-11-23(12-10-22)19(25)8-7-17-2-1-13-26-17/h1-6,13H,7-12,14H2,(H,21,24)/p+1. The summed E-state index contributed by atoms with van der Waals surface area (Å²) in [5.74, 6) is -0.231. The SMILES string of the molecule is O=C(C[NH+]1CCN(C(=O)CCc2cccs2)CC1)Nc1ccc(F)cc1. The number of benzene rings is 1. The summed E-state index contributed by atoms with van der Waals surface area (Å²) in [5.41, 5.74) is 0.596. The molecular formula is C19H23FN3O2S+. The van der Waals surface area contributed by atoms with E-state index in [-0.39, 0.29) is 17.6 Å². The Morgan fingerprint density at radius 3 is 2.54 bits per heavy atom. The largest absolute Gasteiger partial charge is 0.331 e. The fraction of sp³-hybridized carbons (Fsp3) is 0.368. The molecule has 1 fully saturated rings. The number of carbonyl (C=O) groups is 2. The summed E-state index contributed by atoms with van der Waals surface area (Å²) < 4.78 is 12.9. The molecule has 0 aliphatic carbocycles. The number of hydrogen-bond acceptors (Lipinski definition) is 3. The van der Waals surface area contributed by atoms with Gasteiger partial charge in [0.15, 0.2) is 6.54 Å². The van der Waals surface area contributed by atoms with Crippen molar-refractivity contribution in [3.8, 4) is 0 Å². The molecule has 1 saturated heterocycles. The van der Waals surface area contributed by atoms with Gasteiger partial charge in [-0.25, -0.2) is 4.39 Å². The van der Waals surface area contributed by atoms with Crippen LogP contribution in [0.25, 0.3) is 0 Å². The van der Waals surface area contributed by atoms with Gasteiger partial charge in [0.05, 0.1) is 26.2 Å². The average molecular weight is 376 g/mol. The lowest BCUT2D eigenvalue weighted by Gasteiger charge is -2.32. The van der Waals surface area contributed by atoms with Gasteiger partial charge in [-0.15, -0.1) is 11.3 Å². The molecule has 0 saturated carbocycles. The number of rotatable bonds is 6. The molecule has 0 atom stereocenters. The van der Waals surface area contributed by atoms with Gasteiger partial charge in [-0.3, -0.25) is 9.59 Å². The lowest BCUT2D eigenvalue weighted by molar-refractivity contribution is -0.895. The first-order chi connectivity index (χ1) is 12.6. The van der Waals surface area contributed by atoms with Crippen molar-refractivity contribution in [2.75, 3.05) is 38.0 Å². The molecule has 2 aromatic rings. The quantitative estimate of drug-likeness (QED) is 0.796. The normalized spacial score (nSPS) is 15.0. The minimum Gasteiger partial charge on any atom is -0.331 e. The predicted octanol–water partition coefficient (Wildman–Crippen LogP) is 1.19. The van der Waals surface area contributed by atoms with Gasteiger partial charge in [0.1, 0.15) is 5.82 Å². The van der Waals surface area contributed by atoms with Crippen LogP contribution in [-0.2, 0) is 16.0 Å². The number of halogens is 1. The number of anilines is 1. The maximum atomic E-state index is 12.9. The lowest BCUT2D eigenvalue weighted by atomic mass is 10.2. The average Bonchev–Trinajstić information content (AvgIpc) is 3.16. The first-order valence-electron chi connectivity index (χ1n) is 8.79. The zero-order valence-corrected chi connectivity index (χ0v) is 15.4. The van der Waals surface area contributed by atoms with Gasteiger partial charge in [-0.2, -0.15) is 0 Å². The Labute approximate surface area is 156 Å². The minimum atomic E-state index is -0.325. The van der Waals surface area contributed by atoms with E-state index in [1.54, 1.807) is 23.5 Å². The van der Waals surface area contributed by atoms with Crippen LogP contribution >= 0.6 is 11.3 Å². The second kappa shape index (κ2) is 8.91. The number of aryl methyl sites for hydroxylation is 1. The molecule has 2 N–H and O–H groups in total. The molecule has 138 valence electrons. The van der Waals surface area contributed by atoms with E-state index >= 15 is 0 Å². The van der Waals surface area contributed by atoms with Crippen LogP contribution in [0.2, 0.25) is 0 Å². The van der Waals surface area contributed by atoms with Crippen LogP contribution in [0.1, 0.15) is 11.3 Å². The van der Waals surface area contributed by atoms with Crippen molar-refractivity contribution in [2.24, 2.45) is 0 Å². The van der Waals surface area contributed by atoms with Gasteiger partial charge in [-0.1, -0.05) is 6.07 Å². The molecule has 1 aliphatic rings. The maximum Gasteiger partial charge on any atom is 0.279 e. The fourth-order valence-electron chi connectivity index (χ4n) is 3.06. The molecule has 1 aromatic heterocycles. The topological polar surface area (TPSA) is 53.9 Å². The third kappa shape index (κ3) is 5.37. The van der Waals surface area contributed by atoms with E-state index in [2.05, 4.69) is 11.4 Å². The smallest absolute Gasteiger partial charge is 0.279 e. The Bertz CT molecular complexity index is 726. The molecular weight excluding hydrogens is 353 g/mol. The molecule has 26 heavy (non-hydrogen) atoms. The number of quaternary nitrogens is 1. The van der Waals surface area contributed by atoms with Crippen LogP contribution in [-0.4, -0.2) is 49.4 Å². The highest BCUT2D eigenvalue weighted by atomic mass is 32.1. The van der Waals surface area contributed by atoms with Crippen molar-refractivity contribution >= 4 is 28.8 Å². The summed E-state index contributed by atoms with van der Waals surface area (Å²) in [6.07, 6.45) is 1.34. The van der Waals surface area contributed by atoms with Gasteiger partial charge in [0, 0.05) is 17.0 Å². The Kier molecular flexibility index (Phi) is 6.35. The lowest BCUT2D eigenvalue weighted by Crippen LogP contribution is -3.15. The van der Waals surface area contributed by atoms with E-state index < -0.39 is 0 Å². The third-order valence-corrected chi connectivity index (χ3v) is 5.46. The van der Waals surface area contributed by atoms with Crippen molar-refractivity contribution in [1.82, 2.24) is 4.90 Å². The first kappa shape index (κ1) is 18.5. The highest BCUT2D eigenvalue weighted by molar-refractivity contribution is 7.09.